The Hall–Kier alpha value is -0.640. The van der Waals surface area contributed by atoms with Crippen molar-refractivity contribution in [2.24, 2.45) is 23.0 Å². The molecule has 4 heteroatoms. The molecule has 0 bridgehead atoms. The highest BCUT2D eigenvalue weighted by molar-refractivity contribution is 7.80. The second-order valence-electron chi connectivity index (χ2n) is 5.66. The molecule has 2 aliphatic rings. The van der Waals surface area contributed by atoms with Crippen molar-refractivity contribution in [1.82, 2.24) is 5.32 Å². The van der Waals surface area contributed by atoms with Crippen molar-refractivity contribution < 1.29 is 4.79 Å². The molecule has 0 radical (unpaired) electrons. The normalized spacial score (nSPS) is 20.9. The fourth-order valence-corrected chi connectivity index (χ4v) is 2.07. The zero-order valence-electron chi connectivity index (χ0n) is 9.95. The first kappa shape index (κ1) is 11.8. The minimum absolute atomic E-state index is 0.0104. The van der Waals surface area contributed by atoms with E-state index in [0.29, 0.717) is 17.9 Å². The van der Waals surface area contributed by atoms with Crippen molar-refractivity contribution in [2.75, 3.05) is 0 Å². The standard InChI is InChI=1S/C12H20N2OS/c1-12(2,10(13)16)11(15)14-9(7-3-4-7)8-5-6-8/h7-9H,3-6H2,1-2H3,(H2,13,16)(H,14,15). The van der Waals surface area contributed by atoms with E-state index >= 15 is 0 Å². The van der Waals surface area contributed by atoms with Crippen LogP contribution in [-0.4, -0.2) is 16.9 Å². The third-order valence-corrected chi connectivity index (χ3v) is 4.25. The molecule has 2 rings (SSSR count). The van der Waals surface area contributed by atoms with Gasteiger partial charge in [0.15, 0.2) is 0 Å². The van der Waals surface area contributed by atoms with Gasteiger partial charge in [0.25, 0.3) is 0 Å². The van der Waals surface area contributed by atoms with E-state index in [4.69, 9.17) is 18.0 Å². The highest BCUT2D eigenvalue weighted by Crippen LogP contribution is 2.44. The zero-order valence-corrected chi connectivity index (χ0v) is 10.8. The summed E-state index contributed by atoms with van der Waals surface area (Å²) < 4.78 is 0. The molecule has 0 aromatic rings. The first-order valence-electron chi connectivity index (χ1n) is 6.04. The number of nitrogens with one attached hydrogen (secondary N) is 1. The maximum Gasteiger partial charge on any atom is 0.232 e. The average molecular weight is 240 g/mol. The van der Waals surface area contributed by atoms with Crippen molar-refractivity contribution in [3.05, 3.63) is 0 Å². The van der Waals surface area contributed by atoms with Gasteiger partial charge in [0.05, 0.1) is 10.4 Å². The van der Waals surface area contributed by atoms with Crippen LogP contribution in [0.3, 0.4) is 0 Å². The molecule has 90 valence electrons. The molecule has 3 N–H and O–H groups in total. The van der Waals surface area contributed by atoms with E-state index in [1.807, 2.05) is 0 Å². The summed E-state index contributed by atoms with van der Waals surface area (Å²) in [5.41, 5.74) is 4.88. The van der Waals surface area contributed by atoms with E-state index in [1.54, 1.807) is 13.8 Å². The molecular weight excluding hydrogens is 220 g/mol. The summed E-state index contributed by atoms with van der Waals surface area (Å²) in [6.45, 7) is 3.59. The third kappa shape index (κ3) is 2.37. The van der Waals surface area contributed by atoms with Crippen LogP contribution >= 0.6 is 12.2 Å². The molecule has 16 heavy (non-hydrogen) atoms. The van der Waals surface area contributed by atoms with Gasteiger partial charge in [0.2, 0.25) is 5.91 Å². The highest BCUT2D eigenvalue weighted by Gasteiger charge is 2.44. The van der Waals surface area contributed by atoms with E-state index in [9.17, 15) is 4.79 Å². The third-order valence-electron chi connectivity index (χ3n) is 3.74. The van der Waals surface area contributed by atoms with Gasteiger partial charge in [-0.1, -0.05) is 12.2 Å². The van der Waals surface area contributed by atoms with E-state index in [1.165, 1.54) is 25.7 Å². The Bertz CT molecular complexity index is 307. The fourth-order valence-electron chi connectivity index (χ4n) is 1.97. The van der Waals surface area contributed by atoms with Crippen LogP contribution in [-0.2, 0) is 4.79 Å². The lowest BCUT2D eigenvalue weighted by Crippen LogP contribution is -2.49. The molecule has 0 atom stereocenters. The smallest absolute Gasteiger partial charge is 0.232 e. The van der Waals surface area contributed by atoms with Crippen molar-refractivity contribution in [3.63, 3.8) is 0 Å². The number of nitrogens with two attached hydrogens (primary N) is 1. The Kier molecular flexibility index (Phi) is 2.95. The number of hydrogen-bond donors (Lipinski definition) is 2. The van der Waals surface area contributed by atoms with Crippen LogP contribution in [0.25, 0.3) is 0 Å². The molecule has 2 fully saturated rings. The summed E-state index contributed by atoms with van der Waals surface area (Å²) in [6, 6.07) is 0.376. The molecule has 0 saturated heterocycles. The van der Waals surface area contributed by atoms with Crippen LogP contribution in [0.2, 0.25) is 0 Å². The lowest BCUT2D eigenvalue weighted by molar-refractivity contribution is -0.127. The van der Waals surface area contributed by atoms with Gasteiger partial charge in [-0.15, -0.1) is 0 Å². The van der Waals surface area contributed by atoms with Gasteiger partial charge < -0.3 is 11.1 Å². The van der Waals surface area contributed by atoms with Crippen molar-refractivity contribution in [1.29, 1.82) is 0 Å². The van der Waals surface area contributed by atoms with Crippen LogP contribution in [0.15, 0.2) is 0 Å². The zero-order chi connectivity index (χ0) is 11.9. The van der Waals surface area contributed by atoms with Gasteiger partial charge in [0.1, 0.15) is 0 Å². The van der Waals surface area contributed by atoms with Crippen molar-refractivity contribution in [2.45, 2.75) is 45.6 Å². The molecule has 2 aliphatic carbocycles. The predicted octanol–water partition coefficient (Wildman–Crippen LogP) is 1.60. The Morgan fingerprint density at radius 2 is 1.75 bits per heavy atom. The average Bonchev–Trinajstić information content (AvgIpc) is 3.03. The van der Waals surface area contributed by atoms with E-state index in [0.717, 1.165) is 0 Å². The number of thiocarbonyl (C=S) groups is 1. The lowest BCUT2D eigenvalue weighted by atomic mass is 9.91. The van der Waals surface area contributed by atoms with Gasteiger partial charge in [-0.3, -0.25) is 4.79 Å². The van der Waals surface area contributed by atoms with Crippen LogP contribution in [0, 0.1) is 17.3 Å². The maximum atomic E-state index is 12.1. The number of carbonyl (C=O) groups is 1. The van der Waals surface area contributed by atoms with Gasteiger partial charge in [-0.25, -0.2) is 0 Å². The van der Waals surface area contributed by atoms with Crippen molar-refractivity contribution in [3.8, 4) is 0 Å². The Morgan fingerprint density at radius 3 is 2.06 bits per heavy atom. The molecular formula is C12H20N2OS. The minimum atomic E-state index is -0.725. The summed E-state index contributed by atoms with van der Waals surface area (Å²) in [4.78, 5) is 12.4. The van der Waals surface area contributed by atoms with Crippen LogP contribution in [0.5, 0.6) is 0 Å². The van der Waals surface area contributed by atoms with Gasteiger partial charge in [-0.05, 0) is 51.4 Å². The number of hydrogen-bond acceptors (Lipinski definition) is 2. The first-order chi connectivity index (χ1) is 7.43. The quantitative estimate of drug-likeness (QED) is 0.718. The molecule has 0 unspecified atom stereocenters. The van der Waals surface area contributed by atoms with Gasteiger partial charge in [-0.2, -0.15) is 0 Å². The Morgan fingerprint density at radius 1 is 1.31 bits per heavy atom. The second kappa shape index (κ2) is 3.99. The van der Waals surface area contributed by atoms with E-state index in [2.05, 4.69) is 5.32 Å². The molecule has 0 aromatic carbocycles. The molecule has 0 heterocycles. The van der Waals surface area contributed by atoms with Gasteiger partial charge >= 0.3 is 0 Å². The van der Waals surface area contributed by atoms with Crippen LogP contribution in [0.4, 0.5) is 0 Å². The highest BCUT2D eigenvalue weighted by atomic mass is 32.1. The number of amides is 1. The SMILES string of the molecule is CC(C)(C(=O)NC(C1CC1)C1CC1)C(N)=S. The summed E-state index contributed by atoms with van der Waals surface area (Å²) in [5.74, 6) is 1.40. The van der Waals surface area contributed by atoms with Crippen LogP contribution < -0.4 is 11.1 Å². The maximum absolute atomic E-state index is 12.1. The lowest BCUT2D eigenvalue weighted by Gasteiger charge is -2.26. The summed E-state index contributed by atoms with van der Waals surface area (Å²) in [7, 11) is 0. The summed E-state index contributed by atoms with van der Waals surface area (Å²) >= 11 is 4.94. The largest absolute Gasteiger partial charge is 0.392 e. The molecule has 2 saturated carbocycles. The first-order valence-corrected chi connectivity index (χ1v) is 6.44. The molecule has 1 amide bonds. The fraction of sp³-hybridized carbons (Fsp3) is 0.833. The number of carbonyl (C=O) groups excluding carboxylic acids is 1. The topological polar surface area (TPSA) is 55.1 Å². The molecule has 3 nitrogen and oxygen atoms in total. The summed E-state index contributed by atoms with van der Waals surface area (Å²) in [6.07, 6.45) is 5.04. The minimum Gasteiger partial charge on any atom is -0.392 e. The number of rotatable bonds is 5. The molecule has 0 aromatic heterocycles. The predicted molar refractivity (Wildman–Crippen MR) is 67.9 cm³/mol. The Balaban J connectivity index is 1.96. The van der Waals surface area contributed by atoms with Crippen molar-refractivity contribution >= 4 is 23.1 Å². The second-order valence-corrected chi connectivity index (χ2v) is 6.10. The van der Waals surface area contributed by atoms with Gasteiger partial charge in [0, 0.05) is 6.04 Å². The molecule has 0 spiro atoms. The summed E-state index contributed by atoms with van der Waals surface area (Å²) in [5, 5.41) is 3.16. The van der Waals surface area contributed by atoms with E-state index < -0.39 is 5.41 Å². The monoisotopic (exact) mass is 240 g/mol. The molecule has 0 aliphatic heterocycles. The van der Waals surface area contributed by atoms with Crippen LogP contribution in [0.1, 0.15) is 39.5 Å². The van der Waals surface area contributed by atoms with E-state index in [-0.39, 0.29) is 10.9 Å². The Labute approximate surface area is 102 Å².